The summed E-state index contributed by atoms with van der Waals surface area (Å²) < 4.78 is 1.66. The van der Waals surface area contributed by atoms with Gasteiger partial charge in [0, 0.05) is 26.9 Å². The smallest absolute Gasteiger partial charge is 0.253 e. The minimum Gasteiger partial charge on any atom is -0.372 e. The van der Waals surface area contributed by atoms with Gasteiger partial charge in [0.15, 0.2) is 5.82 Å². The summed E-state index contributed by atoms with van der Waals surface area (Å²) in [5, 5.41) is 10.4. The van der Waals surface area contributed by atoms with Crippen molar-refractivity contribution in [3.05, 3.63) is 95.8 Å². The molecule has 2 rings (SSSR count). The molecule has 1 heterocycles. The molecule has 0 bridgehead atoms. The van der Waals surface area contributed by atoms with Crippen LogP contribution in [-0.2, 0) is 11.8 Å². The lowest BCUT2D eigenvalue weighted by Crippen LogP contribution is -2.26. The predicted octanol–water partition coefficient (Wildman–Crippen LogP) is 9.23. The number of aliphatic imine (C=N–C) groups is 1. The number of rotatable bonds is 10. The van der Waals surface area contributed by atoms with Crippen LogP contribution in [0.1, 0.15) is 80.8 Å². The van der Waals surface area contributed by atoms with E-state index in [9.17, 15) is 4.79 Å². The van der Waals surface area contributed by atoms with Gasteiger partial charge in [0.1, 0.15) is 11.4 Å². The van der Waals surface area contributed by atoms with Gasteiger partial charge in [-0.2, -0.15) is 5.10 Å². The van der Waals surface area contributed by atoms with Crippen LogP contribution < -0.4 is 10.6 Å². The fourth-order valence-corrected chi connectivity index (χ4v) is 3.75. The van der Waals surface area contributed by atoms with Crippen LogP contribution in [-0.4, -0.2) is 35.5 Å². The molecule has 6 heteroatoms. The van der Waals surface area contributed by atoms with Gasteiger partial charge in [-0.05, 0) is 58.6 Å². The molecule has 1 amide bonds. The van der Waals surface area contributed by atoms with E-state index in [-0.39, 0.29) is 11.5 Å². The van der Waals surface area contributed by atoms with Gasteiger partial charge in [0.05, 0.1) is 5.57 Å². The van der Waals surface area contributed by atoms with Crippen molar-refractivity contribution in [3.8, 4) is 0 Å². The quantitative estimate of drug-likeness (QED) is 0.129. The second-order valence-electron chi connectivity index (χ2n) is 8.71. The molecule has 1 aromatic rings. The van der Waals surface area contributed by atoms with Gasteiger partial charge in [-0.1, -0.05) is 107 Å². The molecule has 0 saturated heterocycles. The maximum absolute atomic E-state index is 12.7. The van der Waals surface area contributed by atoms with E-state index >= 15 is 0 Å². The van der Waals surface area contributed by atoms with Gasteiger partial charge in [0.2, 0.25) is 0 Å². The van der Waals surface area contributed by atoms with Crippen molar-refractivity contribution in [1.29, 1.82) is 0 Å². The summed E-state index contributed by atoms with van der Waals surface area (Å²) >= 11 is 0. The Kier molecular flexibility index (Phi) is 21.8. The number of allylic oxidation sites excluding steroid dienone is 10. The number of aryl methyl sites for hydroxylation is 1. The largest absolute Gasteiger partial charge is 0.372 e. The maximum Gasteiger partial charge on any atom is 0.253 e. The zero-order valence-electron chi connectivity index (χ0n) is 27.6. The summed E-state index contributed by atoms with van der Waals surface area (Å²) in [5.41, 5.74) is 7.31. The zero-order chi connectivity index (χ0) is 32.0. The Morgan fingerprint density at radius 1 is 1.17 bits per heavy atom. The molecule has 0 aromatic carbocycles. The second kappa shape index (κ2) is 22.8. The highest BCUT2D eigenvalue weighted by atomic mass is 16.1. The van der Waals surface area contributed by atoms with Crippen molar-refractivity contribution >= 4 is 29.2 Å². The van der Waals surface area contributed by atoms with E-state index in [0.717, 1.165) is 29.8 Å². The molecule has 0 saturated carbocycles. The number of aromatic nitrogens is 2. The molecule has 41 heavy (non-hydrogen) atoms. The molecule has 0 spiro atoms. The zero-order valence-corrected chi connectivity index (χ0v) is 27.6. The molecule has 0 radical (unpaired) electrons. The topological polar surface area (TPSA) is 71.3 Å². The van der Waals surface area contributed by atoms with Gasteiger partial charge in [-0.3, -0.25) is 14.5 Å². The van der Waals surface area contributed by atoms with Crippen LogP contribution in [0.15, 0.2) is 95.1 Å². The summed E-state index contributed by atoms with van der Waals surface area (Å²) in [4.78, 5) is 17.1. The first-order valence-electron chi connectivity index (χ1n) is 14.5. The molecule has 1 aliphatic carbocycles. The lowest BCUT2D eigenvalue weighted by Gasteiger charge is -2.09. The molecule has 0 fully saturated rings. The second-order valence-corrected chi connectivity index (χ2v) is 8.71. The summed E-state index contributed by atoms with van der Waals surface area (Å²) in [6.45, 7) is 30.0. The number of nitrogens with zero attached hydrogens (tertiary/aromatic N) is 3. The van der Waals surface area contributed by atoms with Crippen LogP contribution in [0.2, 0.25) is 0 Å². The number of amides is 1. The van der Waals surface area contributed by atoms with E-state index in [4.69, 9.17) is 0 Å². The SMILES string of the molecule is C=C(C)CC1=C(C)C=C(CNC(=O)C(=C)c2nn(C)c(NC)c2N=CC)C=CC1.C=CC(/C=C\C)=C/C.CC.CC. The molecule has 1 aliphatic rings. The average molecular weight is 562 g/mol. The third-order valence-electron chi connectivity index (χ3n) is 5.63. The van der Waals surface area contributed by atoms with Gasteiger partial charge in [-0.15, -0.1) is 0 Å². The Morgan fingerprint density at radius 2 is 1.80 bits per heavy atom. The van der Waals surface area contributed by atoms with E-state index in [0.29, 0.717) is 17.9 Å². The summed E-state index contributed by atoms with van der Waals surface area (Å²) in [7, 11) is 3.59. The van der Waals surface area contributed by atoms with Gasteiger partial charge >= 0.3 is 0 Å². The van der Waals surface area contributed by atoms with Gasteiger partial charge in [-0.25, -0.2) is 0 Å². The maximum atomic E-state index is 12.7. The Labute approximate surface area is 250 Å². The Morgan fingerprint density at radius 3 is 2.27 bits per heavy atom. The fraction of sp³-hybridized carbons (Fsp3) is 0.400. The van der Waals surface area contributed by atoms with E-state index in [1.165, 1.54) is 16.7 Å². The number of carbonyl (C=O) groups is 1. The van der Waals surface area contributed by atoms with E-state index in [1.807, 2.05) is 79.7 Å². The van der Waals surface area contributed by atoms with Crippen LogP contribution in [0.3, 0.4) is 0 Å². The lowest BCUT2D eigenvalue weighted by atomic mass is 10.00. The molecule has 0 atom stereocenters. The van der Waals surface area contributed by atoms with Crippen molar-refractivity contribution in [3.63, 3.8) is 0 Å². The van der Waals surface area contributed by atoms with Gasteiger partial charge < -0.3 is 10.6 Å². The van der Waals surface area contributed by atoms with Crippen molar-refractivity contribution in [2.75, 3.05) is 18.9 Å². The number of nitrogens with one attached hydrogen (secondary N) is 2. The number of hydrogen-bond acceptors (Lipinski definition) is 4. The highest BCUT2D eigenvalue weighted by Gasteiger charge is 2.21. The minimum atomic E-state index is -0.263. The third-order valence-corrected chi connectivity index (χ3v) is 5.63. The fourth-order valence-electron chi connectivity index (χ4n) is 3.75. The number of hydrogen-bond donors (Lipinski definition) is 2. The van der Waals surface area contributed by atoms with Crippen LogP contribution in [0.5, 0.6) is 0 Å². The van der Waals surface area contributed by atoms with Crippen molar-refractivity contribution < 1.29 is 4.79 Å². The normalized spacial score (nSPS) is 12.7. The predicted molar refractivity (Wildman–Crippen MR) is 184 cm³/mol. The van der Waals surface area contributed by atoms with Crippen LogP contribution in [0.25, 0.3) is 5.57 Å². The molecule has 6 nitrogen and oxygen atoms in total. The van der Waals surface area contributed by atoms with E-state index in [1.54, 1.807) is 25.0 Å². The Hall–Kier alpha value is -3.93. The van der Waals surface area contributed by atoms with Crippen LogP contribution in [0, 0.1) is 0 Å². The van der Waals surface area contributed by atoms with Crippen LogP contribution in [0.4, 0.5) is 11.5 Å². The minimum absolute atomic E-state index is 0.263. The average Bonchev–Trinajstić information content (AvgIpc) is 3.18. The molecule has 1 aromatic heterocycles. The van der Waals surface area contributed by atoms with Crippen LogP contribution >= 0.6 is 0 Å². The molecular weight excluding hydrogens is 506 g/mol. The molecular formula is C35H55N5O. The van der Waals surface area contributed by atoms with Gasteiger partial charge in [0.25, 0.3) is 5.91 Å². The highest BCUT2D eigenvalue weighted by molar-refractivity contribution is 6.20. The summed E-state index contributed by atoms with van der Waals surface area (Å²) in [5.74, 6) is 0.466. The Balaban J connectivity index is 0. The first-order chi connectivity index (χ1) is 19.6. The number of anilines is 1. The summed E-state index contributed by atoms with van der Waals surface area (Å²) in [6.07, 6.45) is 17.7. The number of carbonyl (C=O) groups excluding carboxylic acids is 1. The Bertz CT molecular complexity index is 1180. The van der Waals surface area contributed by atoms with Crippen molar-refractivity contribution in [1.82, 2.24) is 15.1 Å². The summed E-state index contributed by atoms with van der Waals surface area (Å²) in [6, 6.07) is 0. The molecule has 2 N–H and O–H groups in total. The van der Waals surface area contributed by atoms with Crippen molar-refractivity contribution in [2.45, 2.75) is 75.2 Å². The monoisotopic (exact) mass is 561 g/mol. The molecule has 0 aliphatic heterocycles. The van der Waals surface area contributed by atoms with E-state index < -0.39 is 0 Å². The third kappa shape index (κ3) is 13.8. The standard InChI is InChI=1S/C23H31N5O.C8H12.2C2H6/c1-8-25-21-20(27-28(7)22(21)24-6)17(5)23(29)26-14-18-10-9-11-19(12-15(2)3)16(4)13-18;1-4-7-8(5-2)6-3;2*1-2/h8-10,13,24H,2,5,11-12,14H2,1,3-4,6-7H3,(H,26,29);4-7H,2H2,1,3H3;2*1-2H3/b;7-4-,8-6-;;. The lowest BCUT2D eigenvalue weighted by molar-refractivity contribution is -0.115. The molecule has 226 valence electrons. The van der Waals surface area contributed by atoms with E-state index in [2.05, 4.69) is 65.6 Å². The van der Waals surface area contributed by atoms with Crippen molar-refractivity contribution in [2.24, 2.45) is 12.0 Å². The first-order valence-corrected chi connectivity index (χ1v) is 14.5. The highest BCUT2D eigenvalue weighted by Crippen LogP contribution is 2.32. The molecule has 0 unspecified atom stereocenters. The first kappa shape index (κ1) is 39.2.